The number of rotatable bonds is 3. The molecule has 6 nitrogen and oxygen atoms in total. The van der Waals surface area contributed by atoms with Gasteiger partial charge in [-0.05, 0) is 37.5 Å². The van der Waals surface area contributed by atoms with Gasteiger partial charge in [0, 0.05) is 13.0 Å². The fraction of sp³-hybridized carbons (Fsp3) is 0.438. The molecular formula is C16H18N4O2. The first kappa shape index (κ1) is 13.3. The van der Waals surface area contributed by atoms with Crippen LogP contribution in [0.2, 0.25) is 0 Å². The largest absolute Gasteiger partial charge is 0.423 e. The molecule has 1 fully saturated rings. The van der Waals surface area contributed by atoms with Crippen molar-refractivity contribution < 1.29 is 8.94 Å². The maximum absolute atomic E-state index is 5.92. The Morgan fingerprint density at radius 3 is 3.05 bits per heavy atom. The van der Waals surface area contributed by atoms with Crippen molar-refractivity contribution in [2.75, 3.05) is 11.4 Å². The molecule has 1 aliphatic rings. The van der Waals surface area contributed by atoms with E-state index in [1.807, 2.05) is 25.1 Å². The van der Waals surface area contributed by atoms with Gasteiger partial charge in [-0.25, -0.2) is 0 Å². The van der Waals surface area contributed by atoms with Crippen molar-refractivity contribution in [1.29, 1.82) is 0 Å². The number of anilines is 1. The minimum atomic E-state index is 0.0817. The summed E-state index contributed by atoms with van der Waals surface area (Å²) < 4.78 is 11.2. The smallest absolute Gasteiger partial charge is 0.299 e. The Morgan fingerprint density at radius 1 is 1.32 bits per heavy atom. The van der Waals surface area contributed by atoms with E-state index < -0.39 is 0 Å². The standard InChI is InChI=1S/C16H18N4O2/c1-3-14-18-15(19-22-14)12-5-4-8-20(12)16-17-11-9-10(2)6-7-13(11)21-16/h6-7,9,12H,3-5,8H2,1-2H3/t12-/m1/s1. The van der Waals surface area contributed by atoms with Crippen LogP contribution in [0, 0.1) is 6.92 Å². The second kappa shape index (κ2) is 5.12. The second-order valence-electron chi connectivity index (χ2n) is 5.72. The molecular weight excluding hydrogens is 280 g/mol. The summed E-state index contributed by atoms with van der Waals surface area (Å²) in [6.07, 6.45) is 2.81. The lowest BCUT2D eigenvalue weighted by Gasteiger charge is -2.19. The predicted molar refractivity (Wildman–Crippen MR) is 81.7 cm³/mol. The van der Waals surface area contributed by atoms with E-state index in [1.165, 1.54) is 5.56 Å². The van der Waals surface area contributed by atoms with Crippen LogP contribution in [0.1, 0.15) is 43.1 Å². The van der Waals surface area contributed by atoms with Crippen LogP contribution in [0.5, 0.6) is 0 Å². The maximum atomic E-state index is 5.92. The number of hydrogen-bond acceptors (Lipinski definition) is 6. The molecule has 114 valence electrons. The fourth-order valence-electron chi connectivity index (χ4n) is 2.96. The van der Waals surface area contributed by atoms with E-state index in [0.717, 1.165) is 42.7 Å². The highest BCUT2D eigenvalue weighted by Crippen LogP contribution is 2.35. The van der Waals surface area contributed by atoms with Crippen molar-refractivity contribution in [3.63, 3.8) is 0 Å². The first-order chi connectivity index (χ1) is 10.7. The van der Waals surface area contributed by atoms with E-state index in [9.17, 15) is 0 Å². The van der Waals surface area contributed by atoms with Crippen molar-refractivity contribution in [2.45, 2.75) is 39.2 Å². The Balaban J connectivity index is 1.69. The van der Waals surface area contributed by atoms with E-state index in [0.29, 0.717) is 11.9 Å². The number of oxazole rings is 1. The van der Waals surface area contributed by atoms with Crippen LogP contribution in [0.3, 0.4) is 0 Å². The number of nitrogens with zero attached hydrogens (tertiary/aromatic N) is 4. The van der Waals surface area contributed by atoms with Gasteiger partial charge in [-0.15, -0.1) is 0 Å². The second-order valence-corrected chi connectivity index (χ2v) is 5.72. The first-order valence-corrected chi connectivity index (χ1v) is 7.71. The summed E-state index contributed by atoms with van der Waals surface area (Å²) in [4.78, 5) is 11.2. The lowest BCUT2D eigenvalue weighted by atomic mass is 10.2. The fourth-order valence-corrected chi connectivity index (χ4v) is 2.96. The summed E-state index contributed by atoms with van der Waals surface area (Å²) >= 11 is 0. The van der Waals surface area contributed by atoms with Gasteiger partial charge in [-0.3, -0.25) is 0 Å². The summed E-state index contributed by atoms with van der Waals surface area (Å²) in [6, 6.07) is 6.77. The zero-order valence-electron chi connectivity index (χ0n) is 12.7. The third-order valence-corrected chi connectivity index (χ3v) is 4.11. The van der Waals surface area contributed by atoms with Gasteiger partial charge in [0.15, 0.2) is 11.4 Å². The van der Waals surface area contributed by atoms with E-state index in [2.05, 4.69) is 26.9 Å². The molecule has 0 bridgehead atoms. The summed E-state index contributed by atoms with van der Waals surface area (Å²) in [5.41, 5.74) is 2.88. The molecule has 0 aliphatic carbocycles. The van der Waals surface area contributed by atoms with Crippen LogP contribution in [0.15, 0.2) is 27.1 Å². The van der Waals surface area contributed by atoms with Crippen LogP contribution in [-0.2, 0) is 6.42 Å². The number of benzene rings is 1. The van der Waals surface area contributed by atoms with E-state index >= 15 is 0 Å². The van der Waals surface area contributed by atoms with E-state index in [4.69, 9.17) is 8.94 Å². The Kier molecular flexibility index (Phi) is 3.10. The van der Waals surface area contributed by atoms with Crippen molar-refractivity contribution in [3.05, 3.63) is 35.5 Å². The molecule has 0 amide bonds. The van der Waals surface area contributed by atoms with Gasteiger partial charge in [-0.1, -0.05) is 18.1 Å². The molecule has 1 aliphatic heterocycles. The Morgan fingerprint density at radius 2 is 2.23 bits per heavy atom. The number of fused-ring (bicyclic) bond motifs is 1. The molecule has 6 heteroatoms. The molecule has 0 radical (unpaired) electrons. The Labute approximate surface area is 128 Å². The zero-order chi connectivity index (χ0) is 15.1. The van der Waals surface area contributed by atoms with Crippen molar-refractivity contribution in [3.8, 4) is 0 Å². The normalized spacial score (nSPS) is 18.5. The average Bonchev–Trinajstić information content (AvgIpc) is 3.24. The van der Waals surface area contributed by atoms with Gasteiger partial charge in [0.25, 0.3) is 6.01 Å². The molecule has 2 aromatic heterocycles. The lowest BCUT2D eigenvalue weighted by Crippen LogP contribution is -2.23. The molecule has 3 aromatic rings. The van der Waals surface area contributed by atoms with Gasteiger partial charge in [-0.2, -0.15) is 9.97 Å². The van der Waals surface area contributed by atoms with Crippen LogP contribution in [0.4, 0.5) is 6.01 Å². The predicted octanol–water partition coefficient (Wildman–Crippen LogP) is 3.42. The number of hydrogen-bond donors (Lipinski definition) is 0. The van der Waals surface area contributed by atoms with Gasteiger partial charge in [0.2, 0.25) is 5.89 Å². The topological polar surface area (TPSA) is 68.2 Å². The van der Waals surface area contributed by atoms with Gasteiger partial charge in [0.05, 0.1) is 6.04 Å². The maximum Gasteiger partial charge on any atom is 0.299 e. The highest BCUT2D eigenvalue weighted by molar-refractivity contribution is 5.75. The molecule has 1 aromatic carbocycles. The van der Waals surface area contributed by atoms with E-state index in [1.54, 1.807) is 0 Å². The van der Waals surface area contributed by atoms with Gasteiger partial charge in [0.1, 0.15) is 5.52 Å². The molecule has 0 spiro atoms. The van der Waals surface area contributed by atoms with Gasteiger partial charge >= 0.3 is 0 Å². The number of aromatic nitrogens is 3. The minimum absolute atomic E-state index is 0.0817. The molecule has 3 heterocycles. The SMILES string of the molecule is CCc1nc([C@H]2CCCN2c2nc3cc(C)ccc3o2)no1. The van der Waals surface area contributed by atoms with E-state index in [-0.39, 0.29) is 6.04 Å². The monoisotopic (exact) mass is 298 g/mol. The molecule has 22 heavy (non-hydrogen) atoms. The highest BCUT2D eigenvalue weighted by atomic mass is 16.5. The van der Waals surface area contributed by atoms with Crippen LogP contribution >= 0.6 is 0 Å². The Bertz CT molecular complexity index is 807. The molecule has 4 rings (SSSR count). The lowest BCUT2D eigenvalue weighted by molar-refractivity contribution is 0.372. The molecule has 1 saturated heterocycles. The molecule has 0 N–H and O–H groups in total. The van der Waals surface area contributed by atoms with Crippen LogP contribution < -0.4 is 4.90 Å². The quantitative estimate of drug-likeness (QED) is 0.738. The summed E-state index contributed by atoms with van der Waals surface area (Å²) in [7, 11) is 0. The van der Waals surface area contributed by atoms with Gasteiger partial charge < -0.3 is 13.8 Å². The Hall–Kier alpha value is -2.37. The first-order valence-electron chi connectivity index (χ1n) is 7.71. The van der Waals surface area contributed by atoms with Crippen molar-refractivity contribution in [2.24, 2.45) is 0 Å². The third kappa shape index (κ3) is 2.15. The summed E-state index contributed by atoms with van der Waals surface area (Å²) in [5.74, 6) is 1.41. The average molecular weight is 298 g/mol. The molecule has 0 unspecified atom stereocenters. The number of aryl methyl sites for hydroxylation is 2. The molecule has 0 saturated carbocycles. The zero-order valence-corrected chi connectivity index (χ0v) is 12.7. The van der Waals surface area contributed by atoms with Crippen molar-refractivity contribution >= 4 is 17.1 Å². The van der Waals surface area contributed by atoms with Crippen LogP contribution in [0.25, 0.3) is 11.1 Å². The summed E-state index contributed by atoms with van der Waals surface area (Å²) in [6.45, 7) is 4.96. The minimum Gasteiger partial charge on any atom is -0.423 e. The molecule has 1 atom stereocenters. The summed E-state index contributed by atoms with van der Waals surface area (Å²) in [5, 5.41) is 4.12. The highest BCUT2D eigenvalue weighted by Gasteiger charge is 2.33. The third-order valence-electron chi connectivity index (χ3n) is 4.11. The van der Waals surface area contributed by atoms with Crippen LogP contribution in [-0.4, -0.2) is 21.7 Å². The van der Waals surface area contributed by atoms with Crippen molar-refractivity contribution in [1.82, 2.24) is 15.1 Å².